The maximum Gasteiger partial charge on any atom is 0.250 e. The van der Waals surface area contributed by atoms with Crippen LogP contribution in [-0.4, -0.2) is 73.8 Å². The van der Waals surface area contributed by atoms with Crippen molar-refractivity contribution in [3.8, 4) is 0 Å². The Morgan fingerprint density at radius 1 is 0.867 bits per heavy atom. The molecule has 0 aliphatic carbocycles. The molecular formula is C20H24BrN7O2. The zero-order chi connectivity index (χ0) is 20.6. The van der Waals surface area contributed by atoms with E-state index in [0.717, 1.165) is 36.2 Å². The first kappa shape index (κ1) is 20.7. The second-order valence-electron chi connectivity index (χ2n) is 6.76. The number of halogens is 1. The molecule has 30 heavy (non-hydrogen) atoms. The van der Waals surface area contributed by atoms with Crippen molar-refractivity contribution in [2.75, 3.05) is 67.8 Å². The summed E-state index contributed by atoms with van der Waals surface area (Å²) in [5.74, 6) is 1.69. The summed E-state index contributed by atoms with van der Waals surface area (Å²) in [6.45, 7) is 5.69. The first-order chi connectivity index (χ1) is 14.8. The summed E-state index contributed by atoms with van der Waals surface area (Å²) in [5, 5.41) is 4.24. The third kappa shape index (κ3) is 5.74. The Bertz CT molecular complexity index is 843. The van der Waals surface area contributed by atoms with Gasteiger partial charge in [-0.05, 0) is 23.8 Å². The van der Waals surface area contributed by atoms with Crippen LogP contribution in [0.1, 0.15) is 5.56 Å². The molecule has 1 aromatic carbocycles. The van der Waals surface area contributed by atoms with E-state index in [-0.39, 0.29) is 0 Å². The summed E-state index contributed by atoms with van der Waals surface area (Å²) in [6, 6.07) is 8.05. The van der Waals surface area contributed by atoms with Crippen LogP contribution in [0.15, 0.2) is 39.9 Å². The van der Waals surface area contributed by atoms with Crippen LogP contribution >= 0.6 is 15.9 Å². The number of nitrogens with zero attached hydrogens (tertiary/aromatic N) is 6. The highest BCUT2D eigenvalue weighted by molar-refractivity contribution is 9.10. The van der Waals surface area contributed by atoms with Gasteiger partial charge < -0.3 is 19.3 Å². The van der Waals surface area contributed by atoms with Gasteiger partial charge in [0.05, 0.1) is 26.4 Å². The number of rotatable bonds is 6. The fraction of sp³-hybridized carbons (Fsp3) is 0.400. The largest absolute Gasteiger partial charge is 0.378 e. The molecule has 2 aromatic rings. The number of morpholine rings is 2. The van der Waals surface area contributed by atoms with Gasteiger partial charge in [-0.25, -0.2) is 5.43 Å². The molecule has 0 saturated carbocycles. The fourth-order valence-electron chi connectivity index (χ4n) is 3.08. The van der Waals surface area contributed by atoms with Crippen LogP contribution in [0.25, 0.3) is 6.08 Å². The molecule has 1 aromatic heterocycles. The third-order valence-electron chi connectivity index (χ3n) is 4.68. The predicted molar refractivity (Wildman–Crippen MR) is 121 cm³/mol. The summed E-state index contributed by atoms with van der Waals surface area (Å²) >= 11 is 3.43. The van der Waals surface area contributed by atoms with Crippen LogP contribution in [0.2, 0.25) is 0 Å². The average Bonchev–Trinajstić information content (AvgIpc) is 2.81. The number of aromatic nitrogens is 3. The average molecular weight is 474 g/mol. The van der Waals surface area contributed by atoms with Crippen LogP contribution in [0.4, 0.5) is 17.8 Å². The Hall–Kier alpha value is -2.56. The quantitative estimate of drug-likeness (QED) is 0.505. The third-order valence-corrected chi connectivity index (χ3v) is 5.21. The highest BCUT2D eigenvalue weighted by atomic mass is 79.9. The van der Waals surface area contributed by atoms with Crippen LogP contribution in [0.5, 0.6) is 0 Å². The highest BCUT2D eigenvalue weighted by Crippen LogP contribution is 2.18. The molecule has 2 aliphatic heterocycles. The lowest BCUT2D eigenvalue weighted by Gasteiger charge is -2.30. The number of hydrogen-bond donors (Lipinski definition) is 1. The monoisotopic (exact) mass is 473 g/mol. The second-order valence-corrected chi connectivity index (χ2v) is 7.67. The smallest absolute Gasteiger partial charge is 0.250 e. The van der Waals surface area contributed by atoms with E-state index in [1.165, 1.54) is 0 Å². The summed E-state index contributed by atoms with van der Waals surface area (Å²) in [6.07, 6.45) is 5.52. The summed E-state index contributed by atoms with van der Waals surface area (Å²) < 4.78 is 11.9. The molecule has 0 amide bonds. The minimum atomic E-state index is 0.418. The minimum absolute atomic E-state index is 0.418. The normalized spacial score (nSPS) is 17.8. The lowest BCUT2D eigenvalue weighted by atomic mass is 10.2. The van der Waals surface area contributed by atoms with Gasteiger partial charge in [-0.1, -0.05) is 34.1 Å². The van der Waals surface area contributed by atoms with Gasteiger partial charge in [-0.2, -0.15) is 20.1 Å². The molecule has 158 valence electrons. The van der Waals surface area contributed by atoms with Gasteiger partial charge in [0.15, 0.2) is 0 Å². The molecule has 10 heteroatoms. The highest BCUT2D eigenvalue weighted by Gasteiger charge is 2.20. The molecule has 0 spiro atoms. The Morgan fingerprint density at radius 2 is 1.43 bits per heavy atom. The SMILES string of the molecule is Brc1ccc(C=CC=NNc2nc(N3CCOCC3)nc(N3CCOCC3)n2)cc1. The van der Waals surface area contributed by atoms with E-state index < -0.39 is 0 Å². The van der Waals surface area contributed by atoms with Crippen molar-refractivity contribution in [1.82, 2.24) is 15.0 Å². The lowest BCUT2D eigenvalue weighted by molar-refractivity contribution is 0.121. The van der Waals surface area contributed by atoms with Crippen LogP contribution in [-0.2, 0) is 9.47 Å². The van der Waals surface area contributed by atoms with E-state index in [4.69, 9.17) is 9.47 Å². The number of anilines is 3. The lowest BCUT2D eigenvalue weighted by Crippen LogP contribution is -2.40. The molecule has 2 saturated heterocycles. The van der Waals surface area contributed by atoms with Crippen molar-refractivity contribution in [3.63, 3.8) is 0 Å². The van der Waals surface area contributed by atoms with E-state index >= 15 is 0 Å². The predicted octanol–water partition coefficient (Wildman–Crippen LogP) is 2.42. The zero-order valence-corrected chi connectivity index (χ0v) is 18.2. The maximum atomic E-state index is 5.44. The fourth-order valence-corrected chi connectivity index (χ4v) is 3.34. The molecule has 4 rings (SSSR count). The van der Waals surface area contributed by atoms with Gasteiger partial charge >= 0.3 is 0 Å². The van der Waals surface area contributed by atoms with Gasteiger partial charge in [-0.15, -0.1) is 0 Å². The van der Waals surface area contributed by atoms with Gasteiger partial charge in [0.2, 0.25) is 17.8 Å². The van der Waals surface area contributed by atoms with Gasteiger partial charge in [0.1, 0.15) is 0 Å². The second kappa shape index (κ2) is 10.5. The molecular weight excluding hydrogens is 450 g/mol. The Labute approximate surface area is 183 Å². The Balaban J connectivity index is 1.46. The van der Waals surface area contributed by atoms with Crippen LogP contribution in [0, 0.1) is 0 Å². The van der Waals surface area contributed by atoms with Crippen molar-refractivity contribution >= 4 is 46.1 Å². The molecule has 0 unspecified atom stereocenters. The number of allylic oxidation sites excluding steroid dienone is 1. The maximum absolute atomic E-state index is 5.44. The molecule has 1 N–H and O–H groups in total. The number of nitrogens with one attached hydrogen (secondary N) is 1. The molecule has 3 heterocycles. The van der Waals surface area contributed by atoms with Gasteiger partial charge in [0.25, 0.3) is 0 Å². The van der Waals surface area contributed by atoms with E-state index in [2.05, 4.69) is 51.2 Å². The summed E-state index contributed by atoms with van der Waals surface area (Å²) in [5.41, 5.74) is 4.02. The summed E-state index contributed by atoms with van der Waals surface area (Å²) in [7, 11) is 0. The van der Waals surface area contributed by atoms with Gasteiger partial charge in [0, 0.05) is 36.9 Å². The molecule has 0 radical (unpaired) electrons. The Kier molecular flexibility index (Phi) is 7.22. The van der Waals surface area contributed by atoms with Crippen LogP contribution < -0.4 is 15.2 Å². The van der Waals surface area contributed by atoms with E-state index in [1.807, 2.05) is 36.4 Å². The van der Waals surface area contributed by atoms with Crippen LogP contribution in [0.3, 0.4) is 0 Å². The Morgan fingerprint density at radius 3 is 2.00 bits per heavy atom. The number of ether oxygens (including phenoxy) is 2. The number of hydrazone groups is 1. The van der Waals surface area contributed by atoms with E-state index in [9.17, 15) is 0 Å². The molecule has 0 atom stereocenters. The van der Waals surface area contributed by atoms with Gasteiger partial charge in [-0.3, -0.25) is 0 Å². The molecule has 2 aliphatic rings. The zero-order valence-electron chi connectivity index (χ0n) is 16.6. The van der Waals surface area contributed by atoms with Crippen molar-refractivity contribution < 1.29 is 9.47 Å². The first-order valence-corrected chi connectivity index (χ1v) is 10.7. The summed E-state index contributed by atoms with van der Waals surface area (Å²) in [4.78, 5) is 18.0. The van der Waals surface area contributed by atoms with Crippen molar-refractivity contribution in [3.05, 3.63) is 40.4 Å². The molecule has 2 fully saturated rings. The molecule has 0 bridgehead atoms. The molecule has 9 nitrogen and oxygen atoms in total. The first-order valence-electron chi connectivity index (χ1n) is 9.91. The van der Waals surface area contributed by atoms with Crippen molar-refractivity contribution in [2.45, 2.75) is 0 Å². The van der Waals surface area contributed by atoms with Crippen molar-refractivity contribution in [1.29, 1.82) is 0 Å². The minimum Gasteiger partial charge on any atom is -0.378 e. The number of hydrogen-bond acceptors (Lipinski definition) is 9. The topological polar surface area (TPSA) is 88.0 Å². The van der Waals surface area contributed by atoms with E-state index in [0.29, 0.717) is 44.3 Å². The standard InChI is InChI=1S/C20H24BrN7O2/c21-17-5-3-16(4-6-17)2-1-7-22-26-18-23-19(27-8-12-29-13-9-27)25-20(24-18)28-10-14-30-15-11-28/h1-7H,8-15H2,(H,23,24,25,26). The van der Waals surface area contributed by atoms with Crippen molar-refractivity contribution in [2.24, 2.45) is 5.10 Å². The number of benzene rings is 1. The van der Waals surface area contributed by atoms with E-state index in [1.54, 1.807) is 6.21 Å².